The number of fused-ring (bicyclic) bond motifs is 1. The molecule has 0 saturated carbocycles. The monoisotopic (exact) mass is 458 g/mol. The normalized spacial score (nSPS) is 16.0. The van der Waals surface area contributed by atoms with Gasteiger partial charge in [0.1, 0.15) is 6.61 Å². The van der Waals surface area contributed by atoms with Gasteiger partial charge in [-0.05, 0) is 85.3 Å². The van der Waals surface area contributed by atoms with Crippen LogP contribution in [0.25, 0.3) is 0 Å². The van der Waals surface area contributed by atoms with Gasteiger partial charge in [0.05, 0.1) is 5.56 Å². The summed E-state index contributed by atoms with van der Waals surface area (Å²) in [5.41, 5.74) is 4.62. The number of likely N-dealkylation sites (N-methyl/N-ethyl adjacent to an activating group) is 1. The third kappa shape index (κ3) is 5.90. The van der Waals surface area contributed by atoms with Crippen LogP contribution in [0.15, 0.2) is 42.5 Å². The molecule has 2 aromatic rings. The number of anilines is 1. The maximum absolute atomic E-state index is 12.8. The number of hydrogen-bond acceptors (Lipinski definition) is 4. The molecule has 1 N–H and O–H groups in total. The van der Waals surface area contributed by atoms with Crippen molar-refractivity contribution < 1.29 is 14.3 Å². The van der Waals surface area contributed by atoms with E-state index in [1.165, 1.54) is 11.1 Å². The average Bonchev–Trinajstić information content (AvgIpc) is 2.71. The minimum atomic E-state index is -0.381. The van der Waals surface area contributed by atoms with Gasteiger partial charge in [-0.3, -0.25) is 4.79 Å². The van der Waals surface area contributed by atoms with Gasteiger partial charge in [0.25, 0.3) is 5.91 Å². The predicted molar refractivity (Wildman–Crippen MR) is 132 cm³/mol. The van der Waals surface area contributed by atoms with Crippen molar-refractivity contribution in [2.45, 2.75) is 51.4 Å². The lowest BCUT2D eigenvalue weighted by atomic mass is 9.63. The molecule has 0 spiro atoms. The van der Waals surface area contributed by atoms with Gasteiger partial charge in [0.2, 0.25) is 0 Å². The first-order valence-electron chi connectivity index (χ1n) is 10.9. The van der Waals surface area contributed by atoms with Gasteiger partial charge in [-0.25, -0.2) is 4.79 Å². The Hall–Kier alpha value is -2.37. The number of amides is 1. The Labute approximate surface area is 197 Å². The van der Waals surface area contributed by atoms with Gasteiger partial charge in [-0.15, -0.1) is 12.4 Å². The summed E-state index contributed by atoms with van der Waals surface area (Å²) in [6, 6.07) is 12.8. The van der Waals surface area contributed by atoms with Gasteiger partial charge >= 0.3 is 5.97 Å². The van der Waals surface area contributed by atoms with Crippen molar-refractivity contribution in [1.29, 1.82) is 0 Å². The van der Waals surface area contributed by atoms with E-state index in [4.69, 9.17) is 4.74 Å². The fourth-order valence-electron chi connectivity index (χ4n) is 4.03. The first-order valence-corrected chi connectivity index (χ1v) is 10.9. The van der Waals surface area contributed by atoms with Crippen molar-refractivity contribution in [1.82, 2.24) is 4.90 Å². The number of carbonyl (C=O) groups excluding carboxylic acids is 2. The fourth-order valence-corrected chi connectivity index (χ4v) is 4.03. The van der Waals surface area contributed by atoms with Crippen LogP contribution < -0.4 is 5.32 Å². The first-order chi connectivity index (χ1) is 14.5. The molecule has 0 saturated heterocycles. The SMILES string of the molecule is CN(C)CCOC(=O)c1ccc(C(=O)Nc2ccc3c(c2)C(C)(C)CCC3(C)C)cc1.Cl. The summed E-state index contributed by atoms with van der Waals surface area (Å²) in [5, 5.41) is 3.01. The second-order valence-corrected chi connectivity index (χ2v) is 10.00. The number of esters is 1. The molecule has 0 radical (unpaired) electrons. The van der Waals surface area contributed by atoms with Crippen LogP contribution >= 0.6 is 12.4 Å². The number of nitrogens with zero attached hydrogens (tertiary/aromatic N) is 1. The molecule has 0 atom stereocenters. The quantitative estimate of drug-likeness (QED) is 0.586. The number of nitrogens with one attached hydrogen (secondary N) is 1. The summed E-state index contributed by atoms with van der Waals surface area (Å²) < 4.78 is 5.24. The van der Waals surface area contributed by atoms with Crippen molar-refractivity contribution in [3.8, 4) is 0 Å². The highest BCUT2D eigenvalue weighted by Crippen LogP contribution is 2.46. The highest BCUT2D eigenvalue weighted by molar-refractivity contribution is 6.05. The van der Waals surface area contributed by atoms with Gasteiger partial charge in [0, 0.05) is 17.8 Å². The lowest BCUT2D eigenvalue weighted by Crippen LogP contribution is -2.33. The summed E-state index contributed by atoms with van der Waals surface area (Å²) in [6.07, 6.45) is 2.28. The molecule has 2 aromatic carbocycles. The predicted octanol–water partition coefficient (Wildman–Crippen LogP) is 5.43. The van der Waals surface area contributed by atoms with E-state index >= 15 is 0 Å². The molecule has 1 amide bonds. The number of carbonyl (C=O) groups is 2. The Bertz CT molecular complexity index is 966. The molecule has 0 unspecified atom stereocenters. The Balaban J connectivity index is 0.00000363. The standard InChI is InChI=1S/C26H34N2O3.ClH/c1-25(2)13-14-26(3,4)22-17-20(11-12-21(22)25)27-23(29)18-7-9-19(10-8-18)24(30)31-16-15-28(5)6;/h7-12,17H,13-16H2,1-6H3,(H,27,29);1H. The topological polar surface area (TPSA) is 58.6 Å². The Morgan fingerprint density at radius 2 is 1.47 bits per heavy atom. The van der Waals surface area contributed by atoms with Crippen LogP contribution in [0.2, 0.25) is 0 Å². The zero-order valence-electron chi connectivity index (χ0n) is 20.0. The molecule has 0 fully saturated rings. The summed E-state index contributed by atoms with van der Waals surface area (Å²) in [6.45, 7) is 10.1. The molecule has 0 aliphatic heterocycles. The third-order valence-electron chi connectivity index (χ3n) is 6.27. The second-order valence-electron chi connectivity index (χ2n) is 10.00. The summed E-state index contributed by atoms with van der Waals surface area (Å²) >= 11 is 0. The van der Waals surface area contributed by atoms with E-state index in [0.717, 1.165) is 18.5 Å². The number of ether oxygens (including phenoxy) is 1. The van der Waals surface area contributed by atoms with Crippen LogP contribution in [-0.2, 0) is 15.6 Å². The molecular formula is C26H35ClN2O3. The van der Waals surface area contributed by atoms with Crippen molar-refractivity contribution >= 4 is 30.0 Å². The van der Waals surface area contributed by atoms with Crippen LogP contribution in [0.4, 0.5) is 5.69 Å². The van der Waals surface area contributed by atoms with E-state index in [-0.39, 0.29) is 35.1 Å². The molecule has 6 heteroatoms. The summed E-state index contributed by atoms with van der Waals surface area (Å²) in [7, 11) is 3.84. The minimum absolute atomic E-state index is 0. The van der Waals surface area contributed by atoms with E-state index in [2.05, 4.69) is 45.1 Å². The van der Waals surface area contributed by atoms with E-state index in [1.807, 2.05) is 25.1 Å². The van der Waals surface area contributed by atoms with Crippen molar-refractivity contribution in [3.63, 3.8) is 0 Å². The fraction of sp³-hybridized carbons (Fsp3) is 0.462. The minimum Gasteiger partial charge on any atom is -0.461 e. The van der Waals surface area contributed by atoms with E-state index in [1.54, 1.807) is 24.3 Å². The highest BCUT2D eigenvalue weighted by Gasteiger charge is 2.37. The van der Waals surface area contributed by atoms with E-state index < -0.39 is 0 Å². The maximum atomic E-state index is 12.8. The smallest absolute Gasteiger partial charge is 0.338 e. The molecule has 1 aliphatic carbocycles. The van der Waals surface area contributed by atoms with E-state index in [0.29, 0.717) is 24.3 Å². The summed E-state index contributed by atoms with van der Waals surface area (Å²) in [5.74, 6) is -0.575. The molecule has 5 nitrogen and oxygen atoms in total. The Morgan fingerprint density at radius 3 is 2.06 bits per heavy atom. The number of benzene rings is 2. The summed E-state index contributed by atoms with van der Waals surface area (Å²) in [4.78, 5) is 26.8. The van der Waals surface area contributed by atoms with Crippen LogP contribution in [-0.4, -0.2) is 44.0 Å². The van der Waals surface area contributed by atoms with Crippen LogP contribution in [0.3, 0.4) is 0 Å². The molecule has 174 valence electrons. The number of rotatable bonds is 6. The van der Waals surface area contributed by atoms with Gasteiger partial charge < -0.3 is 15.0 Å². The Morgan fingerprint density at radius 1 is 0.906 bits per heavy atom. The lowest BCUT2D eigenvalue weighted by Gasteiger charge is -2.42. The molecule has 3 rings (SSSR count). The van der Waals surface area contributed by atoms with Crippen LogP contribution in [0, 0.1) is 0 Å². The van der Waals surface area contributed by atoms with Crippen LogP contribution in [0.5, 0.6) is 0 Å². The molecular weight excluding hydrogens is 424 g/mol. The molecule has 1 aliphatic rings. The molecule has 0 heterocycles. The largest absolute Gasteiger partial charge is 0.461 e. The van der Waals surface area contributed by atoms with Crippen molar-refractivity contribution in [2.75, 3.05) is 32.6 Å². The number of halogens is 1. The number of hydrogen-bond donors (Lipinski definition) is 1. The second kappa shape index (κ2) is 10.1. The zero-order valence-corrected chi connectivity index (χ0v) is 20.8. The lowest BCUT2D eigenvalue weighted by molar-refractivity contribution is 0.0481. The van der Waals surface area contributed by atoms with Gasteiger partial charge in [-0.1, -0.05) is 33.8 Å². The maximum Gasteiger partial charge on any atom is 0.338 e. The van der Waals surface area contributed by atoms with Crippen molar-refractivity contribution in [2.24, 2.45) is 0 Å². The van der Waals surface area contributed by atoms with Crippen molar-refractivity contribution in [3.05, 3.63) is 64.7 Å². The van der Waals surface area contributed by atoms with E-state index in [9.17, 15) is 9.59 Å². The molecule has 0 bridgehead atoms. The zero-order chi connectivity index (χ0) is 22.8. The molecule has 32 heavy (non-hydrogen) atoms. The average molecular weight is 459 g/mol. The van der Waals surface area contributed by atoms with Gasteiger partial charge in [0.15, 0.2) is 0 Å². The van der Waals surface area contributed by atoms with Gasteiger partial charge in [-0.2, -0.15) is 0 Å². The Kier molecular flexibility index (Phi) is 8.13. The third-order valence-corrected chi connectivity index (χ3v) is 6.27. The highest BCUT2D eigenvalue weighted by atomic mass is 35.5. The van der Waals surface area contributed by atoms with Crippen LogP contribution in [0.1, 0.15) is 72.4 Å². The first kappa shape index (κ1) is 25.9. The molecule has 0 aromatic heterocycles.